The second kappa shape index (κ2) is 5.32. The molecule has 0 aliphatic heterocycles. The molecule has 1 heterocycles. The van der Waals surface area contributed by atoms with Gasteiger partial charge in [0.15, 0.2) is 0 Å². The molecule has 6 heteroatoms. The van der Waals surface area contributed by atoms with Crippen LogP contribution in [0.2, 0.25) is 5.02 Å². The van der Waals surface area contributed by atoms with Gasteiger partial charge in [0.05, 0.1) is 10.7 Å². The number of rotatable bonds is 3. The first-order valence-electron chi connectivity index (χ1n) is 5.50. The predicted molar refractivity (Wildman–Crippen MR) is 70.4 cm³/mol. The van der Waals surface area contributed by atoms with E-state index in [1.54, 1.807) is 23.9 Å². The summed E-state index contributed by atoms with van der Waals surface area (Å²) < 4.78 is 19.8. The van der Waals surface area contributed by atoms with Crippen LogP contribution in [-0.2, 0) is 18.4 Å². The highest BCUT2D eigenvalue weighted by Gasteiger charge is 2.12. The van der Waals surface area contributed by atoms with Gasteiger partial charge in [-0.2, -0.15) is 0 Å². The first kappa shape index (κ1) is 13.4. The monoisotopic (exact) mass is 282 g/mol. The average molecular weight is 283 g/mol. The number of carbonyl (C=O) groups excluding carboxylic acids is 1. The second-order valence-corrected chi connectivity index (χ2v) is 4.50. The van der Waals surface area contributed by atoms with Gasteiger partial charge in [-0.1, -0.05) is 17.7 Å². The normalized spacial score (nSPS) is 10.5. The van der Waals surface area contributed by atoms with Crippen LogP contribution < -0.4 is 5.73 Å². The van der Waals surface area contributed by atoms with Gasteiger partial charge in [0.25, 0.3) is 0 Å². The van der Waals surface area contributed by atoms with Crippen molar-refractivity contribution in [3.8, 4) is 0 Å². The molecule has 2 N–H and O–H groups in total. The molecule has 0 aliphatic rings. The van der Waals surface area contributed by atoms with Gasteiger partial charge in [0, 0.05) is 13.2 Å². The molecule has 1 aromatic heterocycles. The molecule has 0 aliphatic carbocycles. The molecule has 0 spiro atoms. The maximum atomic E-state index is 13.2. The zero-order valence-corrected chi connectivity index (χ0v) is 10.9. The van der Waals surface area contributed by atoms with Crippen molar-refractivity contribution in [1.29, 1.82) is 0 Å². The van der Waals surface area contributed by atoms with Gasteiger partial charge in [0.1, 0.15) is 18.1 Å². The Hall–Kier alpha value is -2.01. The summed E-state index contributed by atoms with van der Waals surface area (Å²) in [4.78, 5) is 11.8. The van der Waals surface area contributed by atoms with Crippen LogP contribution in [-0.4, -0.2) is 10.5 Å². The highest BCUT2D eigenvalue weighted by Crippen LogP contribution is 2.17. The van der Waals surface area contributed by atoms with E-state index < -0.39 is 11.8 Å². The Morgan fingerprint density at radius 2 is 2.21 bits per heavy atom. The zero-order chi connectivity index (χ0) is 14.0. The van der Waals surface area contributed by atoms with Gasteiger partial charge in [-0.3, -0.25) is 0 Å². The minimum atomic E-state index is -0.543. The second-order valence-electron chi connectivity index (χ2n) is 4.09. The van der Waals surface area contributed by atoms with Crippen LogP contribution in [0, 0.1) is 5.82 Å². The Balaban J connectivity index is 2.04. The van der Waals surface area contributed by atoms with Crippen molar-refractivity contribution in [2.24, 2.45) is 7.05 Å². The van der Waals surface area contributed by atoms with Crippen molar-refractivity contribution in [2.75, 3.05) is 5.73 Å². The van der Waals surface area contributed by atoms with Crippen molar-refractivity contribution in [3.63, 3.8) is 0 Å². The van der Waals surface area contributed by atoms with Gasteiger partial charge in [-0.15, -0.1) is 0 Å². The molecule has 0 radical (unpaired) electrons. The molecule has 0 saturated heterocycles. The minimum absolute atomic E-state index is 0.0298. The lowest BCUT2D eigenvalue weighted by Gasteiger charge is -2.06. The predicted octanol–water partition coefficient (Wildman–Crippen LogP) is 2.76. The molecule has 0 bridgehead atoms. The van der Waals surface area contributed by atoms with E-state index in [1.165, 1.54) is 18.2 Å². The highest BCUT2D eigenvalue weighted by molar-refractivity contribution is 6.30. The lowest BCUT2D eigenvalue weighted by atomic mass is 10.2. The van der Waals surface area contributed by atoms with E-state index in [4.69, 9.17) is 22.1 Å². The first-order valence-corrected chi connectivity index (χ1v) is 5.88. The summed E-state index contributed by atoms with van der Waals surface area (Å²) in [6.45, 7) is -0.0298. The van der Waals surface area contributed by atoms with Crippen molar-refractivity contribution in [1.82, 2.24) is 4.57 Å². The van der Waals surface area contributed by atoms with Crippen LogP contribution in [0.5, 0.6) is 0 Å². The Morgan fingerprint density at radius 1 is 1.47 bits per heavy atom. The van der Waals surface area contributed by atoms with E-state index in [1.807, 2.05) is 0 Å². The van der Waals surface area contributed by atoms with Crippen molar-refractivity contribution >= 4 is 23.3 Å². The zero-order valence-electron chi connectivity index (χ0n) is 10.2. The Kier molecular flexibility index (Phi) is 3.76. The molecule has 1 aromatic carbocycles. The SMILES string of the molecule is Cn1cc(N)cc1C(=O)OCc1ccc(Cl)c(F)c1. The number of carbonyl (C=O) groups is 1. The van der Waals surface area contributed by atoms with Gasteiger partial charge in [0.2, 0.25) is 0 Å². The fourth-order valence-electron chi connectivity index (χ4n) is 1.65. The summed E-state index contributed by atoms with van der Waals surface area (Å²) in [5.74, 6) is -1.06. The molecule has 100 valence electrons. The number of esters is 1. The molecule has 2 aromatic rings. The van der Waals surface area contributed by atoms with Crippen LogP contribution in [0.25, 0.3) is 0 Å². The first-order chi connectivity index (χ1) is 8.97. The van der Waals surface area contributed by atoms with E-state index in [2.05, 4.69) is 0 Å². The number of halogens is 2. The molecular weight excluding hydrogens is 271 g/mol. The van der Waals surface area contributed by atoms with Crippen molar-refractivity contribution in [3.05, 3.63) is 52.6 Å². The van der Waals surface area contributed by atoms with Crippen LogP contribution in [0.15, 0.2) is 30.5 Å². The van der Waals surface area contributed by atoms with Crippen molar-refractivity contribution in [2.45, 2.75) is 6.61 Å². The molecular formula is C13H12ClFN2O2. The van der Waals surface area contributed by atoms with E-state index in [-0.39, 0.29) is 11.6 Å². The summed E-state index contributed by atoms with van der Waals surface area (Å²) in [5.41, 5.74) is 6.91. The van der Waals surface area contributed by atoms with Gasteiger partial charge in [-0.05, 0) is 23.8 Å². The number of aromatic nitrogens is 1. The van der Waals surface area contributed by atoms with E-state index in [0.29, 0.717) is 16.9 Å². The van der Waals surface area contributed by atoms with E-state index in [9.17, 15) is 9.18 Å². The maximum absolute atomic E-state index is 13.2. The number of hydrogen-bond acceptors (Lipinski definition) is 3. The van der Waals surface area contributed by atoms with Crippen LogP contribution in [0.4, 0.5) is 10.1 Å². The van der Waals surface area contributed by atoms with E-state index in [0.717, 1.165) is 0 Å². The Morgan fingerprint density at radius 3 is 2.79 bits per heavy atom. The van der Waals surface area contributed by atoms with Gasteiger partial charge < -0.3 is 15.0 Å². The fraction of sp³-hybridized carbons (Fsp3) is 0.154. The lowest BCUT2D eigenvalue weighted by molar-refractivity contribution is 0.0461. The summed E-state index contributed by atoms with van der Waals surface area (Å²) >= 11 is 5.56. The molecule has 19 heavy (non-hydrogen) atoms. The topological polar surface area (TPSA) is 57.2 Å². The van der Waals surface area contributed by atoms with Gasteiger partial charge in [-0.25, -0.2) is 9.18 Å². The molecule has 0 fully saturated rings. The number of hydrogen-bond donors (Lipinski definition) is 1. The van der Waals surface area contributed by atoms with Gasteiger partial charge >= 0.3 is 5.97 Å². The number of nitrogens with zero attached hydrogens (tertiary/aromatic N) is 1. The third-order valence-corrected chi connectivity index (χ3v) is 2.90. The number of ether oxygens (including phenoxy) is 1. The largest absolute Gasteiger partial charge is 0.456 e. The summed E-state index contributed by atoms with van der Waals surface area (Å²) in [6.07, 6.45) is 1.61. The smallest absolute Gasteiger partial charge is 0.355 e. The fourth-order valence-corrected chi connectivity index (χ4v) is 1.76. The molecule has 4 nitrogen and oxygen atoms in total. The Bertz CT molecular complexity index is 625. The summed E-state index contributed by atoms with van der Waals surface area (Å²) in [5, 5.41) is 0.0327. The highest BCUT2D eigenvalue weighted by atomic mass is 35.5. The quantitative estimate of drug-likeness (QED) is 0.881. The number of nitrogen functional groups attached to an aromatic ring is 1. The minimum Gasteiger partial charge on any atom is -0.456 e. The number of aryl methyl sites for hydroxylation is 1. The molecule has 0 amide bonds. The molecule has 2 rings (SSSR count). The van der Waals surface area contributed by atoms with Crippen LogP contribution in [0.3, 0.4) is 0 Å². The molecule has 0 unspecified atom stereocenters. The van der Waals surface area contributed by atoms with Crippen LogP contribution >= 0.6 is 11.6 Å². The number of anilines is 1. The average Bonchev–Trinajstić information content (AvgIpc) is 2.70. The maximum Gasteiger partial charge on any atom is 0.355 e. The summed E-state index contributed by atoms with van der Waals surface area (Å²) in [7, 11) is 1.69. The van der Waals surface area contributed by atoms with Crippen molar-refractivity contribution < 1.29 is 13.9 Å². The summed E-state index contributed by atoms with van der Waals surface area (Å²) in [6, 6.07) is 5.76. The Labute approximate surface area is 114 Å². The number of nitrogens with two attached hydrogens (primary N) is 1. The molecule has 0 saturated carbocycles. The third-order valence-electron chi connectivity index (χ3n) is 2.59. The standard InChI is InChI=1S/C13H12ClFN2O2/c1-17-6-9(16)5-12(17)13(18)19-7-8-2-3-10(14)11(15)4-8/h2-6H,7,16H2,1H3. The van der Waals surface area contributed by atoms with Crippen LogP contribution in [0.1, 0.15) is 16.1 Å². The lowest BCUT2D eigenvalue weighted by Crippen LogP contribution is -2.09. The molecule has 0 atom stereocenters. The third kappa shape index (κ3) is 3.06. The van der Waals surface area contributed by atoms with E-state index >= 15 is 0 Å². The number of benzene rings is 1.